The molecule has 0 bridgehead atoms. The van der Waals surface area contributed by atoms with Crippen LogP contribution in [0.1, 0.15) is 5.56 Å². The molecular weight excluding hydrogens is 224 g/mol. The molecule has 0 radical (unpaired) electrons. The average molecular weight is 234 g/mol. The Balaban J connectivity index is 1.94. The first-order valence-corrected chi connectivity index (χ1v) is 5.49. The van der Waals surface area contributed by atoms with E-state index in [9.17, 15) is 4.79 Å². The van der Waals surface area contributed by atoms with Gasteiger partial charge in [-0.1, -0.05) is 0 Å². The number of amides is 1. The summed E-state index contributed by atoms with van der Waals surface area (Å²) >= 11 is 1.38. The summed E-state index contributed by atoms with van der Waals surface area (Å²) in [6.45, 7) is 0. The zero-order valence-corrected chi connectivity index (χ0v) is 9.44. The van der Waals surface area contributed by atoms with E-state index >= 15 is 0 Å². The first-order valence-electron chi connectivity index (χ1n) is 4.61. The standard InChI is InChI=1S/C10H10N4OS/c1-14-7-8(6-12-14)2-3-9(15)13-10-11-4-5-16-10/h2-7H,1H3,(H,11,13,15)/b3-2+. The molecule has 0 unspecified atom stereocenters. The van der Waals surface area contributed by atoms with E-state index < -0.39 is 0 Å². The zero-order chi connectivity index (χ0) is 11.4. The molecule has 0 saturated carbocycles. The molecule has 0 aliphatic carbocycles. The number of carbonyl (C=O) groups is 1. The SMILES string of the molecule is Cn1cc(/C=C/C(=O)Nc2nccs2)cn1. The predicted molar refractivity (Wildman–Crippen MR) is 63.0 cm³/mol. The van der Waals surface area contributed by atoms with Crippen LogP contribution < -0.4 is 5.32 Å². The van der Waals surface area contributed by atoms with Crippen molar-refractivity contribution in [3.63, 3.8) is 0 Å². The summed E-state index contributed by atoms with van der Waals surface area (Å²) in [6, 6.07) is 0. The predicted octanol–water partition coefficient (Wildman–Crippen LogP) is 1.53. The molecule has 16 heavy (non-hydrogen) atoms. The summed E-state index contributed by atoms with van der Waals surface area (Å²) < 4.78 is 1.68. The number of aryl methyl sites for hydroxylation is 1. The Labute approximate surface area is 96.4 Å². The highest BCUT2D eigenvalue weighted by atomic mass is 32.1. The fraction of sp³-hybridized carbons (Fsp3) is 0.100. The molecule has 0 aliphatic rings. The van der Waals surface area contributed by atoms with E-state index in [0.29, 0.717) is 5.13 Å². The van der Waals surface area contributed by atoms with Gasteiger partial charge in [0.2, 0.25) is 5.91 Å². The summed E-state index contributed by atoms with van der Waals surface area (Å²) in [5, 5.41) is 9.05. The molecule has 1 N–H and O–H groups in total. The van der Waals surface area contributed by atoms with E-state index in [1.54, 1.807) is 28.5 Å². The summed E-state index contributed by atoms with van der Waals surface area (Å²) in [7, 11) is 1.83. The zero-order valence-electron chi connectivity index (χ0n) is 8.62. The van der Waals surface area contributed by atoms with Crippen molar-refractivity contribution in [2.45, 2.75) is 0 Å². The summed E-state index contributed by atoms with van der Waals surface area (Å²) in [4.78, 5) is 15.4. The third-order valence-corrected chi connectivity index (χ3v) is 2.50. The van der Waals surface area contributed by atoms with Gasteiger partial charge < -0.3 is 0 Å². The van der Waals surface area contributed by atoms with E-state index in [0.717, 1.165) is 5.56 Å². The molecule has 2 heterocycles. The van der Waals surface area contributed by atoms with Gasteiger partial charge in [-0.3, -0.25) is 14.8 Å². The van der Waals surface area contributed by atoms with Crippen LogP contribution in [0.3, 0.4) is 0 Å². The smallest absolute Gasteiger partial charge is 0.250 e. The van der Waals surface area contributed by atoms with E-state index in [-0.39, 0.29) is 5.91 Å². The van der Waals surface area contributed by atoms with E-state index in [4.69, 9.17) is 0 Å². The molecule has 0 atom stereocenters. The molecule has 0 aliphatic heterocycles. The fourth-order valence-corrected chi connectivity index (χ4v) is 1.66. The van der Waals surface area contributed by atoms with Gasteiger partial charge >= 0.3 is 0 Å². The third kappa shape index (κ3) is 2.77. The van der Waals surface area contributed by atoms with E-state index in [1.807, 2.05) is 13.2 Å². The van der Waals surface area contributed by atoms with Crippen molar-refractivity contribution in [1.29, 1.82) is 0 Å². The van der Waals surface area contributed by atoms with Crippen molar-refractivity contribution in [2.75, 3.05) is 5.32 Å². The summed E-state index contributed by atoms with van der Waals surface area (Å²) in [6.07, 6.45) is 8.32. The Kier molecular flexibility index (Phi) is 3.11. The Morgan fingerprint density at radius 2 is 2.50 bits per heavy atom. The number of anilines is 1. The fourth-order valence-electron chi connectivity index (χ4n) is 1.13. The first kappa shape index (κ1) is 10.6. The minimum absolute atomic E-state index is 0.196. The maximum Gasteiger partial charge on any atom is 0.250 e. The van der Waals surface area contributed by atoms with Gasteiger partial charge in [-0.2, -0.15) is 5.10 Å². The monoisotopic (exact) mass is 234 g/mol. The highest BCUT2D eigenvalue weighted by Crippen LogP contribution is 2.10. The van der Waals surface area contributed by atoms with Gasteiger partial charge in [0.25, 0.3) is 0 Å². The molecule has 6 heteroatoms. The second-order valence-electron chi connectivity index (χ2n) is 3.11. The summed E-state index contributed by atoms with van der Waals surface area (Å²) in [5.41, 5.74) is 0.886. The minimum atomic E-state index is -0.196. The summed E-state index contributed by atoms with van der Waals surface area (Å²) in [5.74, 6) is -0.196. The van der Waals surface area contributed by atoms with Crippen molar-refractivity contribution in [3.05, 3.63) is 35.6 Å². The number of thiazole rings is 1. The van der Waals surface area contributed by atoms with E-state index in [2.05, 4.69) is 15.4 Å². The van der Waals surface area contributed by atoms with Crippen molar-refractivity contribution in [1.82, 2.24) is 14.8 Å². The molecule has 2 rings (SSSR count). The van der Waals surface area contributed by atoms with Crippen LogP contribution in [0, 0.1) is 0 Å². The lowest BCUT2D eigenvalue weighted by Crippen LogP contribution is -2.06. The highest BCUT2D eigenvalue weighted by Gasteiger charge is 1.99. The second kappa shape index (κ2) is 4.71. The molecule has 0 fully saturated rings. The van der Waals surface area contributed by atoms with Crippen molar-refractivity contribution >= 4 is 28.5 Å². The second-order valence-corrected chi connectivity index (χ2v) is 4.00. The lowest BCUT2D eigenvalue weighted by Gasteiger charge is -1.93. The van der Waals surface area contributed by atoms with Crippen LogP contribution in [-0.4, -0.2) is 20.7 Å². The quantitative estimate of drug-likeness (QED) is 0.819. The molecule has 2 aromatic rings. The van der Waals surface area contributed by atoms with Crippen molar-refractivity contribution < 1.29 is 4.79 Å². The Morgan fingerprint density at radius 1 is 1.62 bits per heavy atom. The van der Waals surface area contributed by atoms with Crippen molar-refractivity contribution in [3.8, 4) is 0 Å². The van der Waals surface area contributed by atoms with Gasteiger partial charge in [0.05, 0.1) is 6.20 Å². The normalized spacial score (nSPS) is 10.8. The van der Waals surface area contributed by atoms with Gasteiger partial charge in [-0.25, -0.2) is 4.98 Å². The van der Waals surface area contributed by atoms with Gasteiger partial charge in [-0.15, -0.1) is 11.3 Å². The Morgan fingerprint density at radius 3 is 3.12 bits per heavy atom. The van der Waals surface area contributed by atoms with Gasteiger partial charge in [-0.05, 0) is 6.08 Å². The molecule has 5 nitrogen and oxygen atoms in total. The van der Waals surface area contributed by atoms with Crippen LogP contribution in [0.15, 0.2) is 30.0 Å². The number of aromatic nitrogens is 3. The number of hydrogen-bond acceptors (Lipinski definition) is 4. The topological polar surface area (TPSA) is 59.8 Å². The highest BCUT2D eigenvalue weighted by molar-refractivity contribution is 7.13. The molecule has 0 aromatic carbocycles. The third-order valence-electron chi connectivity index (χ3n) is 1.81. The molecule has 1 amide bonds. The van der Waals surface area contributed by atoms with Crippen LogP contribution in [0.25, 0.3) is 6.08 Å². The molecule has 82 valence electrons. The van der Waals surface area contributed by atoms with Crippen LogP contribution in [0.2, 0.25) is 0 Å². The Hall–Kier alpha value is -1.95. The number of nitrogens with zero attached hydrogens (tertiary/aromatic N) is 3. The number of hydrogen-bond donors (Lipinski definition) is 1. The molecule has 2 aromatic heterocycles. The number of rotatable bonds is 3. The number of carbonyl (C=O) groups excluding carboxylic acids is 1. The lowest BCUT2D eigenvalue weighted by atomic mass is 10.3. The van der Waals surface area contributed by atoms with Crippen LogP contribution in [0.4, 0.5) is 5.13 Å². The first-order chi connectivity index (χ1) is 7.74. The largest absolute Gasteiger partial charge is 0.298 e. The maximum absolute atomic E-state index is 11.4. The minimum Gasteiger partial charge on any atom is -0.298 e. The van der Waals surface area contributed by atoms with Gasteiger partial charge in [0.1, 0.15) is 0 Å². The Bertz CT molecular complexity index is 501. The van der Waals surface area contributed by atoms with E-state index in [1.165, 1.54) is 17.4 Å². The molecular formula is C10H10N4OS. The van der Waals surface area contributed by atoms with Gasteiger partial charge in [0.15, 0.2) is 5.13 Å². The van der Waals surface area contributed by atoms with Crippen LogP contribution >= 0.6 is 11.3 Å². The average Bonchev–Trinajstić information content (AvgIpc) is 2.87. The van der Waals surface area contributed by atoms with Crippen molar-refractivity contribution in [2.24, 2.45) is 7.05 Å². The van der Waals surface area contributed by atoms with Crippen LogP contribution in [0.5, 0.6) is 0 Å². The lowest BCUT2D eigenvalue weighted by molar-refractivity contribution is -0.111. The molecule has 0 spiro atoms. The maximum atomic E-state index is 11.4. The number of nitrogens with one attached hydrogen (secondary N) is 1. The molecule has 0 saturated heterocycles. The van der Waals surface area contributed by atoms with Crippen LogP contribution in [-0.2, 0) is 11.8 Å². The van der Waals surface area contributed by atoms with Gasteiger partial charge in [0, 0.05) is 36.5 Å².